The molecule has 0 bridgehead atoms. The molecule has 1 aromatic rings. The summed E-state index contributed by atoms with van der Waals surface area (Å²) in [6.45, 7) is 2.12. The quantitative estimate of drug-likeness (QED) is 0.787. The maximum atomic E-state index is 4.45. The van der Waals surface area contributed by atoms with Crippen molar-refractivity contribution in [3.63, 3.8) is 0 Å². The van der Waals surface area contributed by atoms with Crippen molar-refractivity contribution < 1.29 is 0 Å². The van der Waals surface area contributed by atoms with E-state index in [1.165, 1.54) is 12.8 Å². The standard InChI is InChI=1S/C11H19N5/c1-12-9-4-7-16(8-5-9)10-3-6-14-11(13-2)15-10/h3,6,9,12H,4-5,7-8H2,1-2H3,(H,13,14,15). The summed E-state index contributed by atoms with van der Waals surface area (Å²) >= 11 is 0. The van der Waals surface area contributed by atoms with Gasteiger partial charge in [-0.3, -0.25) is 0 Å². The second kappa shape index (κ2) is 5.12. The average Bonchev–Trinajstić information content (AvgIpc) is 2.39. The van der Waals surface area contributed by atoms with Gasteiger partial charge in [0.25, 0.3) is 0 Å². The number of nitrogens with zero attached hydrogens (tertiary/aromatic N) is 3. The molecule has 2 heterocycles. The zero-order valence-electron chi connectivity index (χ0n) is 9.90. The van der Waals surface area contributed by atoms with E-state index < -0.39 is 0 Å². The van der Waals surface area contributed by atoms with E-state index in [0.29, 0.717) is 12.0 Å². The fourth-order valence-corrected chi connectivity index (χ4v) is 2.04. The van der Waals surface area contributed by atoms with Crippen molar-refractivity contribution in [3.8, 4) is 0 Å². The van der Waals surface area contributed by atoms with Crippen LogP contribution in [0.25, 0.3) is 0 Å². The molecule has 0 saturated carbocycles. The van der Waals surface area contributed by atoms with Gasteiger partial charge >= 0.3 is 0 Å². The molecule has 0 amide bonds. The Hall–Kier alpha value is -1.36. The molecule has 88 valence electrons. The molecule has 1 aliphatic rings. The lowest BCUT2D eigenvalue weighted by molar-refractivity contribution is 0.441. The highest BCUT2D eigenvalue weighted by Gasteiger charge is 2.18. The summed E-state index contributed by atoms with van der Waals surface area (Å²) in [5.74, 6) is 1.71. The van der Waals surface area contributed by atoms with Crippen LogP contribution in [0, 0.1) is 0 Å². The highest BCUT2D eigenvalue weighted by molar-refractivity contribution is 5.42. The fourth-order valence-electron chi connectivity index (χ4n) is 2.04. The van der Waals surface area contributed by atoms with Gasteiger partial charge in [-0.05, 0) is 26.0 Å². The molecule has 1 aliphatic heterocycles. The lowest BCUT2D eigenvalue weighted by Crippen LogP contribution is -2.41. The summed E-state index contributed by atoms with van der Waals surface area (Å²) in [6, 6.07) is 2.63. The third-order valence-electron chi connectivity index (χ3n) is 3.09. The number of anilines is 2. The van der Waals surface area contributed by atoms with Gasteiger partial charge in [-0.25, -0.2) is 4.98 Å². The molecule has 2 N–H and O–H groups in total. The first-order valence-electron chi connectivity index (χ1n) is 5.76. The minimum atomic E-state index is 0.654. The minimum Gasteiger partial charge on any atom is -0.357 e. The molecule has 16 heavy (non-hydrogen) atoms. The molecule has 0 aliphatic carbocycles. The molecule has 5 heteroatoms. The summed E-state index contributed by atoms with van der Waals surface area (Å²) in [6.07, 6.45) is 4.16. The first-order chi connectivity index (χ1) is 7.83. The van der Waals surface area contributed by atoms with E-state index in [9.17, 15) is 0 Å². The van der Waals surface area contributed by atoms with Crippen LogP contribution in [0.5, 0.6) is 0 Å². The summed E-state index contributed by atoms with van der Waals surface area (Å²) in [5, 5.41) is 6.29. The van der Waals surface area contributed by atoms with Crippen molar-refractivity contribution in [2.24, 2.45) is 0 Å². The average molecular weight is 221 g/mol. The molecule has 2 rings (SSSR count). The number of piperidine rings is 1. The molecule has 1 fully saturated rings. The number of hydrogen-bond donors (Lipinski definition) is 2. The van der Waals surface area contributed by atoms with E-state index in [1.807, 2.05) is 20.2 Å². The molecule has 1 aromatic heterocycles. The number of rotatable bonds is 3. The van der Waals surface area contributed by atoms with E-state index in [0.717, 1.165) is 18.9 Å². The van der Waals surface area contributed by atoms with Crippen LogP contribution in [0.3, 0.4) is 0 Å². The predicted molar refractivity (Wildman–Crippen MR) is 65.9 cm³/mol. The van der Waals surface area contributed by atoms with Crippen molar-refractivity contribution in [1.82, 2.24) is 15.3 Å². The maximum Gasteiger partial charge on any atom is 0.224 e. The highest BCUT2D eigenvalue weighted by atomic mass is 15.2. The Morgan fingerprint density at radius 1 is 1.31 bits per heavy atom. The van der Waals surface area contributed by atoms with Crippen LogP contribution in [0.4, 0.5) is 11.8 Å². The topological polar surface area (TPSA) is 53.1 Å². The third kappa shape index (κ3) is 2.41. The van der Waals surface area contributed by atoms with Gasteiger partial charge in [0.15, 0.2) is 0 Å². The largest absolute Gasteiger partial charge is 0.357 e. The van der Waals surface area contributed by atoms with E-state index in [2.05, 4.69) is 25.5 Å². The second-order valence-corrected chi connectivity index (χ2v) is 4.04. The molecule has 0 radical (unpaired) electrons. The SMILES string of the molecule is CNc1nccc(N2CCC(NC)CC2)n1. The van der Waals surface area contributed by atoms with Crippen molar-refractivity contribution in [2.75, 3.05) is 37.4 Å². The monoisotopic (exact) mass is 221 g/mol. The molecule has 1 saturated heterocycles. The summed E-state index contributed by atoms with van der Waals surface area (Å²) in [5.41, 5.74) is 0. The first-order valence-corrected chi connectivity index (χ1v) is 5.76. The van der Waals surface area contributed by atoms with Crippen LogP contribution in [-0.2, 0) is 0 Å². The molecule has 0 aromatic carbocycles. The van der Waals surface area contributed by atoms with E-state index in [1.54, 1.807) is 6.20 Å². The van der Waals surface area contributed by atoms with Crippen LogP contribution in [0.1, 0.15) is 12.8 Å². The van der Waals surface area contributed by atoms with Crippen molar-refractivity contribution >= 4 is 11.8 Å². The van der Waals surface area contributed by atoms with Gasteiger partial charge in [0, 0.05) is 32.4 Å². The van der Waals surface area contributed by atoms with Crippen LogP contribution < -0.4 is 15.5 Å². The fraction of sp³-hybridized carbons (Fsp3) is 0.636. The smallest absolute Gasteiger partial charge is 0.224 e. The summed E-state index contributed by atoms with van der Waals surface area (Å²) in [7, 11) is 3.87. The Morgan fingerprint density at radius 3 is 2.69 bits per heavy atom. The number of aromatic nitrogens is 2. The normalized spacial score (nSPS) is 17.5. The van der Waals surface area contributed by atoms with Gasteiger partial charge in [0.05, 0.1) is 0 Å². The van der Waals surface area contributed by atoms with E-state index >= 15 is 0 Å². The zero-order chi connectivity index (χ0) is 11.4. The molecular weight excluding hydrogens is 202 g/mol. The molecule has 5 nitrogen and oxygen atoms in total. The molecule has 0 spiro atoms. The van der Waals surface area contributed by atoms with Gasteiger partial charge < -0.3 is 15.5 Å². The first kappa shape index (κ1) is 11.1. The Kier molecular flexibility index (Phi) is 3.56. The van der Waals surface area contributed by atoms with Crippen molar-refractivity contribution in [1.29, 1.82) is 0 Å². The van der Waals surface area contributed by atoms with Crippen LogP contribution in [0.15, 0.2) is 12.3 Å². The van der Waals surface area contributed by atoms with Crippen molar-refractivity contribution in [3.05, 3.63) is 12.3 Å². The van der Waals surface area contributed by atoms with Gasteiger partial charge in [-0.15, -0.1) is 0 Å². The molecule has 0 unspecified atom stereocenters. The van der Waals surface area contributed by atoms with Crippen molar-refractivity contribution in [2.45, 2.75) is 18.9 Å². The molecule has 0 atom stereocenters. The lowest BCUT2D eigenvalue weighted by atomic mass is 10.1. The molecular formula is C11H19N5. The Bertz CT molecular complexity index is 333. The Morgan fingerprint density at radius 2 is 2.06 bits per heavy atom. The van der Waals surface area contributed by atoms with Gasteiger partial charge in [0.1, 0.15) is 5.82 Å². The third-order valence-corrected chi connectivity index (χ3v) is 3.09. The van der Waals surface area contributed by atoms with Crippen LogP contribution in [0.2, 0.25) is 0 Å². The Balaban J connectivity index is 2.02. The number of nitrogens with one attached hydrogen (secondary N) is 2. The zero-order valence-corrected chi connectivity index (χ0v) is 9.90. The van der Waals surface area contributed by atoms with Gasteiger partial charge in [0.2, 0.25) is 5.95 Å². The summed E-state index contributed by atoms with van der Waals surface area (Å²) < 4.78 is 0. The Labute approximate surface area is 96.3 Å². The van der Waals surface area contributed by atoms with Crippen LogP contribution >= 0.6 is 0 Å². The second-order valence-electron chi connectivity index (χ2n) is 4.04. The van der Waals surface area contributed by atoms with Gasteiger partial charge in [-0.2, -0.15) is 4.98 Å². The number of hydrogen-bond acceptors (Lipinski definition) is 5. The van der Waals surface area contributed by atoms with Gasteiger partial charge in [-0.1, -0.05) is 0 Å². The minimum absolute atomic E-state index is 0.654. The van der Waals surface area contributed by atoms with E-state index in [-0.39, 0.29) is 0 Å². The lowest BCUT2D eigenvalue weighted by Gasteiger charge is -2.32. The summed E-state index contributed by atoms with van der Waals surface area (Å²) in [4.78, 5) is 10.9. The highest BCUT2D eigenvalue weighted by Crippen LogP contribution is 2.18. The maximum absolute atomic E-state index is 4.45. The predicted octanol–water partition coefficient (Wildman–Crippen LogP) is 0.706. The van der Waals surface area contributed by atoms with Crippen LogP contribution in [-0.4, -0.2) is 43.2 Å². The van der Waals surface area contributed by atoms with E-state index in [4.69, 9.17) is 0 Å².